The van der Waals surface area contributed by atoms with Gasteiger partial charge in [0.2, 0.25) is 18.0 Å². The van der Waals surface area contributed by atoms with Crippen LogP contribution in [0.3, 0.4) is 0 Å². The molecule has 0 aliphatic carbocycles. The van der Waals surface area contributed by atoms with E-state index in [0.717, 1.165) is 18.3 Å². The van der Waals surface area contributed by atoms with Gasteiger partial charge in [-0.2, -0.15) is 0 Å². The van der Waals surface area contributed by atoms with Gasteiger partial charge in [0.1, 0.15) is 17.2 Å². The number of pyridine rings is 1. The van der Waals surface area contributed by atoms with Gasteiger partial charge < -0.3 is 48.0 Å². The molecule has 0 radical (unpaired) electrons. The number of fused-ring (bicyclic) bond motifs is 2. The molecule has 3 atom stereocenters. The first-order valence-electron chi connectivity index (χ1n) is 12.4. The van der Waals surface area contributed by atoms with Crippen molar-refractivity contribution in [3.63, 3.8) is 0 Å². The molecule has 42 heavy (non-hydrogen) atoms. The number of ether oxygens (including phenoxy) is 4. The highest BCUT2D eigenvalue weighted by Crippen LogP contribution is 2.31. The van der Waals surface area contributed by atoms with Gasteiger partial charge in [-0.15, -0.1) is 0 Å². The van der Waals surface area contributed by atoms with Crippen molar-refractivity contribution in [3.8, 4) is 5.75 Å². The Morgan fingerprint density at radius 3 is 2.71 bits per heavy atom. The molecule has 1 unspecified atom stereocenters. The van der Waals surface area contributed by atoms with Crippen molar-refractivity contribution in [1.82, 2.24) is 14.8 Å². The first kappa shape index (κ1) is 31.1. The van der Waals surface area contributed by atoms with E-state index in [2.05, 4.69) is 9.84 Å². The first-order valence-corrected chi connectivity index (χ1v) is 13.9. The van der Waals surface area contributed by atoms with E-state index in [1.807, 2.05) is 0 Å². The van der Waals surface area contributed by atoms with E-state index in [1.54, 1.807) is 6.92 Å². The van der Waals surface area contributed by atoms with Gasteiger partial charge in [0.25, 0.3) is 19.6 Å². The van der Waals surface area contributed by atoms with Crippen LogP contribution in [0.4, 0.5) is 13.6 Å². The Hall–Kier alpha value is -3.89. The Kier molecular flexibility index (Phi) is 9.58. The average Bonchev–Trinajstić information content (AvgIpc) is 3.28. The fraction of sp³-hybridized carbons (Fsp3) is 0.417. The number of phosphoric ester groups is 1. The minimum absolute atomic E-state index is 0.0318. The molecule has 2 N–H and O–H groups in total. The zero-order valence-corrected chi connectivity index (χ0v) is 22.8. The summed E-state index contributed by atoms with van der Waals surface area (Å²) in [4.78, 5) is 71.9. The van der Waals surface area contributed by atoms with Gasteiger partial charge in [-0.1, -0.05) is 6.07 Å². The molecule has 18 heteroatoms. The lowest BCUT2D eigenvalue weighted by molar-refractivity contribution is -0.219. The zero-order valence-electron chi connectivity index (χ0n) is 21.9. The monoisotopic (exact) mass is 616 g/mol. The van der Waals surface area contributed by atoms with Crippen LogP contribution in [0.1, 0.15) is 39.8 Å². The summed E-state index contributed by atoms with van der Waals surface area (Å²) < 4.78 is 63.6. The molecule has 1 aromatic heterocycles. The molecular formula is C24H25F2N3O12P-. The maximum absolute atomic E-state index is 14.0. The predicted octanol–water partition coefficient (Wildman–Crippen LogP) is 0.614. The van der Waals surface area contributed by atoms with E-state index in [0.29, 0.717) is 6.07 Å². The maximum atomic E-state index is 14.0. The third-order valence-electron chi connectivity index (χ3n) is 6.19. The summed E-state index contributed by atoms with van der Waals surface area (Å²) in [6.45, 7) is -0.121. The molecular weight excluding hydrogens is 591 g/mol. The molecule has 2 amide bonds. The third-order valence-corrected chi connectivity index (χ3v) is 6.69. The van der Waals surface area contributed by atoms with Crippen molar-refractivity contribution in [3.05, 3.63) is 63.1 Å². The van der Waals surface area contributed by atoms with Crippen LogP contribution in [0.2, 0.25) is 0 Å². The summed E-state index contributed by atoms with van der Waals surface area (Å²) in [5, 5.41) is 2.37. The lowest BCUT2D eigenvalue weighted by atomic mass is 10.1. The van der Waals surface area contributed by atoms with Crippen molar-refractivity contribution in [2.75, 3.05) is 26.6 Å². The standard InChI is InChI=1S/C24H26F2N3O12P/c1-13-11-38-18-10-28-9-16(22(31)27-8-14-3-4-15(25)7-17(14)26)20(30)21(19(28)23(32)29(13)18)39-12-40-24(33)37-5-2-6-41-42(34,35)36/h3-4,7,9,13,18H,2,5-6,8,10-12H2,1H3,(H,27,31)(H2,34,35,36)/p-1/t13-,18+/m0/s1. The van der Waals surface area contributed by atoms with Gasteiger partial charge in [-0.05, 0) is 13.0 Å². The summed E-state index contributed by atoms with van der Waals surface area (Å²) in [7, 11) is -4.92. The van der Waals surface area contributed by atoms with Gasteiger partial charge in [-0.25, -0.2) is 13.6 Å². The van der Waals surface area contributed by atoms with Gasteiger partial charge >= 0.3 is 6.16 Å². The molecule has 1 fully saturated rings. The fourth-order valence-electron chi connectivity index (χ4n) is 4.26. The van der Waals surface area contributed by atoms with Crippen molar-refractivity contribution in [1.29, 1.82) is 0 Å². The number of nitrogens with zero attached hydrogens (tertiary/aromatic N) is 2. The topological polar surface area (TPSA) is 195 Å². The highest BCUT2D eigenvalue weighted by molar-refractivity contribution is 7.44. The molecule has 15 nitrogen and oxygen atoms in total. The van der Waals surface area contributed by atoms with E-state index < -0.39 is 73.8 Å². The summed E-state index contributed by atoms with van der Waals surface area (Å²) in [5.74, 6) is -3.90. The smallest absolute Gasteiger partial charge is 0.511 e. The molecule has 2 aromatic rings. The van der Waals surface area contributed by atoms with E-state index in [-0.39, 0.29) is 50.0 Å². The minimum Gasteiger partial charge on any atom is -0.756 e. The number of carbonyl (C=O) groups is 3. The quantitative estimate of drug-likeness (QED) is 0.155. The van der Waals surface area contributed by atoms with E-state index in [4.69, 9.17) is 23.8 Å². The predicted molar refractivity (Wildman–Crippen MR) is 132 cm³/mol. The Morgan fingerprint density at radius 1 is 1.24 bits per heavy atom. The summed E-state index contributed by atoms with van der Waals surface area (Å²) in [6, 6.07) is 2.44. The van der Waals surface area contributed by atoms with E-state index in [1.165, 1.54) is 9.47 Å². The Bertz CT molecular complexity index is 1480. The Labute approximate surface area is 236 Å². The van der Waals surface area contributed by atoms with E-state index in [9.17, 15) is 37.4 Å². The number of benzene rings is 1. The van der Waals surface area contributed by atoms with Crippen LogP contribution >= 0.6 is 7.82 Å². The number of amides is 2. The van der Waals surface area contributed by atoms with Crippen molar-refractivity contribution < 1.29 is 61.0 Å². The first-order chi connectivity index (χ1) is 19.9. The second-order valence-corrected chi connectivity index (χ2v) is 10.3. The lowest BCUT2D eigenvalue weighted by Crippen LogP contribution is -2.49. The van der Waals surface area contributed by atoms with Crippen LogP contribution in [0.15, 0.2) is 29.2 Å². The van der Waals surface area contributed by atoms with Crippen molar-refractivity contribution in [2.45, 2.75) is 38.7 Å². The number of nitrogens with one attached hydrogen (secondary N) is 1. The van der Waals surface area contributed by atoms with Crippen molar-refractivity contribution in [2.24, 2.45) is 0 Å². The molecule has 1 saturated heterocycles. The SMILES string of the molecule is C[C@H]1CO[C@@H]2Cn3cc(C(=O)NCc4ccc(F)cc4F)c(=O)c(OCOC(=O)OCCCOP(=O)([O-])O)c3C(=O)N12. The molecule has 2 aliphatic heterocycles. The molecule has 0 saturated carbocycles. The van der Waals surface area contributed by atoms with Crippen LogP contribution in [-0.4, -0.2) is 71.2 Å². The van der Waals surface area contributed by atoms with Crippen LogP contribution in [-0.2, 0) is 36.4 Å². The average molecular weight is 616 g/mol. The van der Waals surface area contributed by atoms with Gasteiger partial charge in [-0.3, -0.25) is 18.9 Å². The zero-order chi connectivity index (χ0) is 30.6. The number of phosphoric acid groups is 1. The molecule has 1 aromatic carbocycles. The molecule has 0 bridgehead atoms. The number of hydrogen-bond acceptors (Lipinski definition) is 11. The van der Waals surface area contributed by atoms with Crippen LogP contribution < -0.4 is 20.4 Å². The fourth-order valence-corrected chi connectivity index (χ4v) is 4.62. The van der Waals surface area contributed by atoms with Gasteiger partial charge in [0.05, 0.1) is 32.4 Å². The normalized spacial score (nSPS) is 19.0. The minimum atomic E-state index is -4.92. The van der Waals surface area contributed by atoms with Crippen LogP contribution in [0, 0.1) is 11.6 Å². The van der Waals surface area contributed by atoms with E-state index >= 15 is 0 Å². The maximum Gasteiger partial charge on any atom is 0.511 e. The number of carbonyl (C=O) groups excluding carboxylic acids is 3. The molecule has 0 spiro atoms. The molecule has 3 heterocycles. The summed E-state index contributed by atoms with van der Waals surface area (Å²) in [6.07, 6.45) is -0.938. The number of aromatic nitrogens is 1. The number of hydrogen-bond donors (Lipinski definition) is 2. The molecule has 228 valence electrons. The van der Waals surface area contributed by atoms with Gasteiger partial charge in [0, 0.05) is 30.8 Å². The number of rotatable bonds is 11. The summed E-state index contributed by atoms with van der Waals surface area (Å²) in [5.41, 5.74) is -1.78. The highest BCUT2D eigenvalue weighted by Gasteiger charge is 2.43. The molecule has 2 aliphatic rings. The van der Waals surface area contributed by atoms with Crippen molar-refractivity contribution >= 4 is 25.8 Å². The third kappa shape index (κ3) is 7.30. The number of halogens is 2. The summed E-state index contributed by atoms with van der Waals surface area (Å²) >= 11 is 0. The highest BCUT2D eigenvalue weighted by atomic mass is 31.2. The largest absolute Gasteiger partial charge is 0.756 e. The van der Waals surface area contributed by atoms with Crippen LogP contribution in [0.5, 0.6) is 5.75 Å². The lowest BCUT2D eigenvalue weighted by Gasteiger charge is -2.34. The molecule has 4 rings (SSSR count). The Morgan fingerprint density at radius 2 is 2.00 bits per heavy atom. The van der Waals surface area contributed by atoms with Crippen LogP contribution in [0.25, 0.3) is 0 Å². The second kappa shape index (κ2) is 13.0. The Balaban J connectivity index is 1.50. The van der Waals surface area contributed by atoms with Gasteiger partial charge in [0.15, 0.2) is 11.9 Å². The second-order valence-electron chi connectivity index (χ2n) is 9.13.